The number of aryl methyl sites for hydroxylation is 1. The van der Waals surface area contributed by atoms with Crippen molar-refractivity contribution in [1.29, 1.82) is 0 Å². The van der Waals surface area contributed by atoms with Gasteiger partial charge >= 0.3 is 0 Å². The molecule has 152 valence electrons. The van der Waals surface area contributed by atoms with Gasteiger partial charge in [0.15, 0.2) is 11.5 Å². The number of rotatable bonds is 4. The molecule has 30 heavy (non-hydrogen) atoms. The van der Waals surface area contributed by atoms with Crippen molar-refractivity contribution in [3.63, 3.8) is 0 Å². The smallest absolute Gasteiger partial charge is 0.163 e. The Hall–Kier alpha value is -3.67. The summed E-state index contributed by atoms with van der Waals surface area (Å²) in [5.41, 5.74) is 6.10. The molecule has 1 N–H and O–H groups in total. The molecular formula is C24H24N4O2. The van der Waals surface area contributed by atoms with Gasteiger partial charge in [0.1, 0.15) is 30.4 Å². The first kappa shape index (κ1) is 18.4. The summed E-state index contributed by atoms with van der Waals surface area (Å²) >= 11 is 0. The largest absolute Gasteiger partial charge is 0.486 e. The third kappa shape index (κ3) is 3.20. The summed E-state index contributed by atoms with van der Waals surface area (Å²) in [6, 6.07) is 18.5. The lowest BCUT2D eigenvalue weighted by atomic mass is 10.1. The second-order valence-electron chi connectivity index (χ2n) is 7.62. The zero-order valence-corrected chi connectivity index (χ0v) is 17.3. The maximum Gasteiger partial charge on any atom is 0.163 e. The molecule has 4 aromatic rings. The van der Waals surface area contributed by atoms with E-state index in [-0.39, 0.29) is 0 Å². The Balaban J connectivity index is 1.61. The molecular weight excluding hydrogens is 376 g/mol. The summed E-state index contributed by atoms with van der Waals surface area (Å²) < 4.78 is 13.5. The number of nitrogens with zero attached hydrogens (tertiary/aromatic N) is 3. The van der Waals surface area contributed by atoms with E-state index < -0.39 is 0 Å². The second-order valence-corrected chi connectivity index (χ2v) is 7.62. The van der Waals surface area contributed by atoms with Crippen molar-refractivity contribution in [2.75, 3.05) is 37.5 Å². The van der Waals surface area contributed by atoms with E-state index in [1.165, 1.54) is 0 Å². The zero-order valence-electron chi connectivity index (χ0n) is 17.3. The maximum absolute atomic E-state index is 5.75. The highest BCUT2D eigenvalue weighted by atomic mass is 16.6. The Morgan fingerprint density at radius 1 is 0.967 bits per heavy atom. The normalized spacial score (nSPS) is 12.8. The van der Waals surface area contributed by atoms with E-state index >= 15 is 0 Å². The fraction of sp³-hybridized carbons (Fsp3) is 0.208. The van der Waals surface area contributed by atoms with Crippen LogP contribution in [-0.4, -0.2) is 36.7 Å². The average molecular weight is 400 g/mol. The van der Waals surface area contributed by atoms with Gasteiger partial charge in [-0.25, -0.2) is 4.98 Å². The Labute approximate surface area is 175 Å². The molecule has 0 fully saturated rings. The van der Waals surface area contributed by atoms with Crippen molar-refractivity contribution >= 4 is 22.8 Å². The SMILES string of the molecule is Cc1cccn2c(Nc3ccc4c(c3)OCCO4)c(-c3ccc(N(C)C)cc3)nc12. The Morgan fingerprint density at radius 3 is 2.50 bits per heavy atom. The van der Waals surface area contributed by atoms with Gasteiger partial charge in [-0.3, -0.25) is 4.40 Å². The van der Waals surface area contributed by atoms with E-state index in [9.17, 15) is 0 Å². The monoisotopic (exact) mass is 400 g/mol. The van der Waals surface area contributed by atoms with Crippen LogP contribution >= 0.6 is 0 Å². The number of pyridine rings is 1. The molecule has 0 spiro atoms. The van der Waals surface area contributed by atoms with Gasteiger partial charge in [-0.15, -0.1) is 0 Å². The van der Waals surface area contributed by atoms with E-state index in [0.717, 1.165) is 51.2 Å². The van der Waals surface area contributed by atoms with Crippen LogP contribution in [0.2, 0.25) is 0 Å². The van der Waals surface area contributed by atoms with Crippen molar-refractivity contribution in [2.45, 2.75) is 6.92 Å². The number of anilines is 3. The van der Waals surface area contributed by atoms with Crippen molar-refractivity contribution < 1.29 is 9.47 Å². The van der Waals surface area contributed by atoms with Crippen molar-refractivity contribution in [2.24, 2.45) is 0 Å². The number of ether oxygens (including phenoxy) is 2. The van der Waals surface area contributed by atoms with Crippen molar-refractivity contribution in [1.82, 2.24) is 9.38 Å². The van der Waals surface area contributed by atoms with Crippen LogP contribution in [0.3, 0.4) is 0 Å². The number of imidazole rings is 1. The van der Waals surface area contributed by atoms with E-state index in [1.54, 1.807) is 0 Å². The van der Waals surface area contributed by atoms with Crippen LogP contribution in [0.25, 0.3) is 16.9 Å². The summed E-state index contributed by atoms with van der Waals surface area (Å²) in [5.74, 6) is 2.46. The predicted molar refractivity (Wildman–Crippen MR) is 120 cm³/mol. The van der Waals surface area contributed by atoms with Crippen LogP contribution in [0.4, 0.5) is 17.2 Å². The van der Waals surface area contributed by atoms with Gasteiger partial charge < -0.3 is 19.7 Å². The molecule has 0 unspecified atom stereocenters. The number of fused-ring (bicyclic) bond motifs is 2. The topological polar surface area (TPSA) is 51.0 Å². The molecule has 0 radical (unpaired) electrons. The first-order chi connectivity index (χ1) is 14.6. The molecule has 0 atom stereocenters. The molecule has 0 saturated carbocycles. The first-order valence-electron chi connectivity index (χ1n) is 10.0. The second kappa shape index (κ2) is 7.30. The molecule has 2 aromatic heterocycles. The predicted octanol–water partition coefficient (Wildman–Crippen LogP) is 4.89. The van der Waals surface area contributed by atoms with Crippen LogP contribution in [0.5, 0.6) is 11.5 Å². The maximum atomic E-state index is 5.75. The van der Waals surface area contributed by atoms with Crippen LogP contribution in [0.15, 0.2) is 60.8 Å². The lowest BCUT2D eigenvalue weighted by Crippen LogP contribution is -2.15. The number of nitrogens with one attached hydrogen (secondary N) is 1. The quantitative estimate of drug-likeness (QED) is 0.529. The van der Waals surface area contributed by atoms with Crippen LogP contribution in [-0.2, 0) is 0 Å². The van der Waals surface area contributed by atoms with Gasteiger partial charge in [0, 0.05) is 43.3 Å². The lowest BCUT2D eigenvalue weighted by molar-refractivity contribution is 0.171. The Bertz CT molecular complexity index is 1210. The molecule has 5 rings (SSSR count). The number of hydrogen-bond donors (Lipinski definition) is 1. The molecule has 2 aromatic carbocycles. The van der Waals surface area contributed by atoms with Gasteiger partial charge in [0.2, 0.25) is 0 Å². The summed E-state index contributed by atoms with van der Waals surface area (Å²) in [4.78, 5) is 7.06. The van der Waals surface area contributed by atoms with E-state index in [2.05, 4.69) is 51.9 Å². The lowest BCUT2D eigenvalue weighted by Gasteiger charge is -2.19. The van der Waals surface area contributed by atoms with E-state index in [1.807, 2.05) is 44.6 Å². The van der Waals surface area contributed by atoms with Gasteiger partial charge in [0.05, 0.1) is 0 Å². The Kier molecular flexibility index (Phi) is 4.47. The van der Waals surface area contributed by atoms with E-state index in [0.29, 0.717) is 13.2 Å². The summed E-state index contributed by atoms with van der Waals surface area (Å²) in [6.07, 6.45) is 2.04. The number of benzene rings is 2. The molecule has 0 saturated heterocycles. The Morgan fingerprint density at radius 2 is 1.73 bits per heavy atom. The molecule has 0 amide bonds. The fourth-order valence-electron chi connectivity index (χ4n) is 3.70. The molecule has 1 aliphatic rings. The third-order valence-electron chi connectivity index (χ3n) is 5.31. The number of hydrogen-bond acceptors (Lipinski definition) is 5. The standard InChI is InChI=1S/C24H24N4O2/c1-16-5-4-12-28-23(16)26-22(17-6-9-19(10-7-17)27(2)3)24(28)25-18-8-11-20-21(15-18)30-14-13-29-20/h4-12,15,25H,13-14H2,1-3H3. The third-order valence-corrected chi connectivity index (χ3v) is 5.31. The number of aromatic nitrogens is 2. The minimum absolute atomic E-state index is 0.564. The highest BCUT2D eigenvalue weighted by molar-refractivity contribution is 5.81. The van der Waals surface area contributed by atoms with Crippen LogP contribution in [0.1, 0.15) is 5.56 Å². The summed E-state index contributed by atoms with van der Waals surface area (Å²) in [5, 5.41) is 3.56. The van der Waals surface area contributed by atoms with Crippen molar-refractivity contribution in [3.8, 4) is 22.8 Å². The van der Waals surface area contributed by atoms with Crippen LogP contribution < -0.4 is 19.7 Å². The van der Waals surface area contributed by atoms with Gasteiger partial charge in [-0.1, -0.05) is 18.2 Å². The van der Waals surface area contributed by atoms with Crippen LogP contribution in [0, 0.1) is 6.92 Å². The highest BCUT2D eigenvalue weighted by Gasteiger charge is 2.17. The summed E-state index contributed by atoms with van der Waals surface area (Å²) in [7, 11) is 4.08. The molecule has 0 bridgehead atoms. The van der Waals surface area contributed by atoms with Crippen molar-refractivity contribution in [3.05, 3.63) is 66.4 Å². The molecule has 6 heteroatoms. The minimum atomic E-state index is 0.564. The van der Waals surface area contributed by atoms with Gasteiger partial charge in [0.25, 0.3) is 0 Å². The first-order valence-corrected chi connectivity index (χ1v) is 10.0. The molecule has 0 aliphatic carbocycles. The fourth-order valence-corrected chi connectivity index (χ4v) is 3.70. The highest BCUT2D eigenvalue weighted by Crippen LogP contribution is 2.36. The molecule has 3 heterocycles. The average Bonchev–Trinajstić information content (AvgIpc) is 3.13. The zero-order chi connectivity index (χ0) is 20.7. The van der Waals surface area contributed by atoms with Gasteiger partial charge in [-0.2, -0.15) is 0 Å². The van der Waals surface area contributed by atoms with Gasteiger partial charge in [-0.05, 0) is 42.8 Å². The minimum Gasteiger partial charge on any atom is -0.486 e. The molecule has 6 nitrogen and oxygen atoms in total. The van der Waals surface area contributed by atoms with E-state index in [4.69, 9.17) is 14.5 Å². The summed E-state index contributed by atoms with van der Waals surface area (Å²) in [6.45, 7) is 3.23. The molecule has 1 aliphatic heterocycles.